The van der Waals surface area contributed by atoms with Gasteiger partial charge in [0.25, 0.3) is 0 Å². The molecular weight excluding hydrogens is 385 g/mol. The van der Waals surface area contributed by atoms with E-state index in [0.29, 0.717) is 0 Å². The van der Waals surface area contributed by atoms with Crippen molar-refractivity contribution in [2.45, 2.75) is 6.04 Å². The van der Waals surface area contributed by atoms with Crippen LogP contribution in [0.2, 0.25) is 0 Å². The Morgan fingerprint density at radius 1 is 1.30 bits per heavy atom. The lowest BCUT2D eigenvalue weighted by Gasteiger charge is -2.15. The highest BCUT2D eigenvalue weighted by Gasteiger charge is 2.19. The Labute approximate surface area is 133 Å². The number of aromatic nitrogens is 3. The molecule has 0 fully saturated rings. The molecule has 20 heavy (non-hydrogen) atoms. The molecule has 2 heterocycles. The molecule has 2 aromatic heterocycles. The highest BCUT2D eigenvalue weighted by Crippen LogP contribution is 2.27. The summed E-state index contributed by atoms with van der Waals surface area (Å²) in [7, 11) is 0. The number of thiophene rings is 1. The number of hydrogen-bond acceptors (Lipinski definition) is 5. The summed E-state index contributed by atoms with van der Waals surface area (Å²) in [6.07, 6.45) is 1.74. The Morgan fingerprint density at radius 2 is 2.10 bits per heavy atom. The highest BCUT2D eigenvalue weighted by molar-refractivity contribution is 14.1. The van der Waals surface area contributed by atoms with Crippen molar-refractivity contribution in [3.05, 3.63) is 62.1 Å². The molecule has 1 aromatic carbocycles. The first-order chi connectivity index (χ1) is 9.79. The van der Waals surface area contributed by atoms with E-state index in [1.54, 1.807) is 22.2 Å². The van der Waals surface area contributed by atoms with Crippen molar-refractivity contribution in [3.8, 4) is 5.69 Å². The van der Waals surface area contributed by atoms with Crippen LogP contribution >= 0.6 is 33.9 Å². The van der Waals surface area contributed by atoms with Gasteiger partial charge in [-0.25, -0.2) is 10.1 Å². The van der Waals surface area contributed by atoms with Gasteiger partial charge in [-0.05, 0) is 51.7 Å². The zero-order valence-electron chi connectivity index (χ0n) is 10.4. The number of hydrogen-bond donors (Lipinski definition) is 2. The Kier molecular flexibility index (Phi) is 4.10. The van der Waals surface area contributed by atoms with Gasteiger partial charge >= 0.3 is 0 Å². The fourth-order valence-corrected chi connectivity index (χ4v) is 3.43. The molecule has 7 heteroatoms. The quantitative estimate of drug-likeness (QED) is 0.403. The number of para-hydroxylation sites is 1. The highest BCUT2D eigenvalue weighted by atomic mass is 127. The molecule has 5 nitrogen and oxygen atoms in total. The van der Waals surface area contributed by atoms with Crippen LogP contribution in [0, 0.1) is 2.88 Å². The monoisotopic (exact) mass is 397 g/mol. The third-order valence-electron chi connectivity index (χ3n) is 2.96. The molecule has 3 N–H and O–H groups in total. The van der Waals surface area contributed by atoms with Gasteiger partial charge in [0.05, 0.1) is 26.5 Å². The van der Waals surface area contributed by atoms with Gasteiger partial charge < -0.3 is 0 Å². The number of rotatable bonds is 4. The summed E-state index contributed by atoms with van der Waals surface area (Å²) < 4.78 is 3.02. The molecule has 1 unspecified atom stereocenters. The van der Waals surface area contributed by atoms with Crippen LogP contribution in [-0.2, 0) is 0 Å². The topological polar surface area (TPSA) is 68.8 Å². The van der Waals surface area contributed by atoms with E-state index in [-0.39, 0.29) is 6.04 Å². The summed E-state index contributed by atoms with van der Waals surface area (Å²) >= 11 is 3.99. The third-order valence-corrected chi connectivity index (χ3v) is 4.77. The van der Waals surface area contributed by atoms with E-state index in [1.807, 2.05) is 30.3 Å². The maximum Gasteiger partial charge on any atom is 0.0907 e. The van der Waals surface area contributed by atoms with Crippen LogP contribution in [0.1, 0.15) is 17.3 Å². The minimum atomic E-state index is -0.134. The number of nitrogens with zero attached hydrogens (tertiary/aromatic N) is 3. The molecule has 0 aliphatic rings. The van der Waals surface area contributed by atoms with Gasteiger partial charge in [-0.2, -0.15) is 0 Å². The predicted molar refractivity (Wildman–Crippen MR) is 87.6 cm³/mol. The summed E-state index contributed by atoms with van der Waals surface area (Å²) in [5.74, 6) is 5.74. The third kappa shape index (κ3) is 2.62. The minimum Gasteiger partial charge on any atom is -0.271 e. The van der Waals surface area contributed by atoms with Crippen molar-refractivity contribution in [3.63, 3.8) is 0 Å². The standard InChI is InChI=1S/C13H12IN5S/c14-12-6-9(8-20-12)13(17-15)11-7-16-18-19(11)10-4-2-1-3-5-10/h1-8,13,17H,15H2. The molecule has 0 bridgehead atoms. The van der Waals surface area contributed by atoms with E-state index in [4.69, 9.17) is 5.84 Å². The Bertz CT molecular complexity index is 694. The molecule has 0 radical (unpaired) electrons. The SMILES string of the molecule is NNC(c1csc(I)c1)c1cnnn1-c1ccccc1. The average Bonchev–Trinajstić information content (AvgIpc) is 3.11. The van der Waals surface area contributed by atoms with Crippen LogP contribution in [-0.4, -0.2) is 15.0 Å². The largest absolute Gasteiger partial charge is 0.271 e. The molecular formula is C13H12IN5S. The van der Waals surface area contributed by atoms with Crippen molar-refractivity contribution in [1.82, 2.24) is 20.4 Å². The summed E-state index contributed by atoms with van der Waals surface area (Å²) in [5, 5.41) is 10.3. The molecule has 0 aliphatic carbocycles. The smallest absolute Gasteiger partial charge is 0.0907 e. The second kappa shape index (κ2) is 6.00. The van der Waals surface area contributed by atoms with Crippen molar-refractivity contribution in [2.75, 3.05) is 0 Å². The molecule has 0 aliphatic heterocycles. The Morgan fingerprint density at radius 3 is 2.75 bits per heavy atom. The summed E-state index contributed by atoms with van der Waals surface area (Å²) in [4.78, 5) is 0. The lowest BCUT2D eigenvalue weighted by Crippen LogP contribution is -2.30. The number of halogens is 1. The van der Waals surface area contributed by atoms with Gasteiger partial charge in [0, 0.05) is 0 Å². The number of hydrazine groups is 1. The predicted octanol–water partition coefficient (Wildman–Crippen LogP) is 2.49. The lowest BCUT2D eigenvalue weighted by atomic mass is 10.1. The van der Waals surface area contributed by atoms with E-state index in [1.165, 1.54) is 2.88 Å². The maximum absolute atomic E-state index is 5.74. The average molecular weight is 397 g/mol. The summed E-state index contributed by atoms with van der Waals surface area (Å²) in [6, 6.07) is 11.9. The van der Waals surface area contributed by atoms with Gasteiger partial charge in [-0.1, -0.05) is 23.4 Å². The van der Waals surface area contributed by atoms with Crippen LogP contribution in [0.15, 0.2) is 48.0 Å². The second-order valence-electron chi connectivity index (χ2n) is 4.19. The number of nitrogens with one attached hydrogen (secondary N) is 1. The molecule has 0 spiro atoms. The molecule has 1 atom stereocenters. The van der Waals surface area contributed by atoms with Crippen LogP contribution in [0.3, 0.4) is 0 Å². The van der Waals surface area contributed by atoms with Crippen molar-refractivity contribution in [1.29, 1.82) is 0 Å². The molecule has 0 amide bonds. The summed E-state index contributed by atoms with van der Waals surface area (Å²) in [5.41, 5.74) is 5.83. The van der Waals surface area contributed by atoms with E-state index in [2.05, 4.69) is 49.8 Å². The van der Waals surface area contributed by atoms with E-state index in [0.717, 1.165) is 16.9 Å². The Balaban J connectivity index is 2.04. The molecule has 3 rings (SSSR count). The van der Waals surface area contributed by atoms with Crippen LogP contribution < -0.4 is 11.3 Å². The van der Waals surface area contributed by atoms with Crippen LogP contribution in [0.4, 0.5) is 0 Å². The summed E-state index contributed by atoms with van der Waals surface area (Å²) in [6.45, 7) is 0. The van der Waals surface area contributed by atoms with Gasteiger partial charge in [0.15, 0.2) is 0 Å². The van der Waals surface area contributed by atoms with E-state index < -0.39 is 0 Å². The van der Waals surface area contributed by atoms with E-state index >= 15 is 0 Å². The van der Waals surface area contributed by atoms with Gasteiger partial charge in [0.2, 0.25) is 0 Å². The molecule has 0 saturated heterocycles. The van der Waals surface area contributed by atoms with Crippen molar-refractivity contribution < 1.29 is 0 Å². The lowest BCUT2D eigenvalue weighted by molar-refractivity contribution is 0.597. The first kappa shape index (κ1) is 13.7. The number of benzene rings is 1. The first-order valence-electron chi connectivity index (χ1n) is 5.95. The molecule has 3 aromatic rings. The Hall–Kier alpha value is -1.29. The maximum atomic E-state index is 5.74. The molecule has 102 valence electrons. The first-order valence-corrected chi connectivity index (χ1v) is 7.91. The van der Waals surface area contributed by atoms with Crippen molar-refractivity contribution in [2.24, 2.45) is 5.84 Å². The van der Waals surface area contributed by atoms with Crippen molar-refractivity contribution >= 4 is 33.9 Å². The van der Waals surface area contributed by atoms with Gasteiger partial charge in [-0.3, -0.25) is 5.84 Å². The van der Waals surface area contributed by atoms with Crippen LogP contribution in [0.25, 0.3) is 5.69 Å². The number of nitrogens with two attached hydrogens (primary N) is 1. The van der Waals surface area contributed by atoms with E-state index in [9.17, 15) is 0 Å². The fourth-order valence-electron chi connectivity index (χ4n) is 2.04. The zero-order chi connectivity index (χ0) is 13.9. The minimum absolute atomic E-state index is 0.134. The fraction of sp³-hybridized carbons (Fsp3) is 0.0769. The normalized spacial score (nSPS) is 12.5. The second-order valence-corrected chi connectivity index (χ2v) is 7.00. The molecule has 0 saturated carbocycles. The van der Waals surface area contributed by atoms with Gasteiger partial charge in [-0.15, -0.1) is 16.4 Å². The zero-order valence-corrected chi connectivity index (χ0v) is 13.4. The van der Waals surface area contributed by atoms with Gasteiger partial charge in [0.1, 0.15) is 0 Å². The van der Waals surface area contributed by atoms with Crippen LogP contribution in [0.5, 0.6) is 0 Å².